The molecule has 0 bridgehead atoms. The van der Waals surface area contributed by atoms with Crippen molar-refractivity contribution in [1.82, 2.24) is 4.90 Å². The van der Waals surface area contributed by atoms with E-state index in [-0.39, 0.29) is 11.3 Å². The average molecular weight is 371 g/mol. The van der Waals surface area contributed by atoms with Gasteiger partial charge in [-0.05, 0) is 36.0 Å². The van der Waals surface area contributed by atoms with E-state index in [0.717, 1.165) is 5.56 Å². The number of allylic oxidation sites excluding steroid dienone is 1. The van der Waals surface area contributed by atoms with Crippen LogP contribution >= 0.6 is 0 Å². The van der Waals surface area contributed by atoms with Gasteiger partial charge in [-0.3, -0.25) is 4.79 Å². The molecule has 146 valence electrons. The van der Waals surface area contributed by atoms with E-state index in [2.05, 4.69) is 32.9 Å². The molecule has 1 aliphatic heterocycles. The molecule has 5 heteroatoms. The predicted octanol–water partition coefficient (Wildman–Crippen LogP) is 3.69. The number of hydrogen-bond donors (Lipinski definition) is 0. The van der Waals surface area contributed by atoms with E-state index in [4.69, 9.17) is 9.47 Å². The Bertz CT molecular complexity index is 766. The molecule has 1 heterocycles. The van der Waals surface area contributed by atoms with Gasteiger partial charge < -0.3 is 14.4 Å². The molecule has 0 unspecified atom stereocenters. The molecule has 0 spiro atoms. The summed E-state index contributed by atoms with van der Waals surface area (Å²) in [4.78, 5) is 26.9. The lowest BCUT2D eigenvalue weighted by Crippen LogP contribution is -2.26. The molecule has 0 fully saturated rings. The summed E-state index contributed by atoms with van der Waals surface area (Å²) in [7, 11) is 2.96. The minimum Gasteiger partial charge on any atom is -0.465 e. The van der Waals surface area contributed by atoms with Crippen molar-refractivity contribution >= 4 is 18.0 Å². The van der Waals surface area contributed by atoms with E-state index < -0.39 is 5.97 Å². The van der Waals surface area contributed by atoms with Gasteiger partial charge in [0.1, 0.15) is 0 Å². The maximum Gasteiger partial charge on any atom is 0.340 e. The van der Waals surface area contributed by atoms with Gasteiger partial charge >= 0.3 is 5.97 Å². The van der Waals surface area contributed by atoms with Crippen molar-refractivity contribution in [2.75, 3.05) is 27.4 Å². The van der Waals surface area contributed by atoms with Crippen LogP contribution in [0.3, 0.4) is 0 Å². The zero-order chi connectivity index (χ0) is 20.2. The van der Waals surface area contributed by atoms with Gasteiger partial charge in [-0.1, -0.05) is 45.0 Å². The van der Waals surface area contributed by atoms with Crippen LogP contribution < -0.4 is 0 Å². The minimum absolute atomic E-state index is 0.0562. The quantitative estimate of drug-likeness (QED) is 0.435. The lowest BCUT2D eigenvalue weighted by molar-refractivity contribution is -0.136. The molecule has 1 aromatic carbocycles. The normalized spacial score (nSPS) is 16.4. The topological polar surface area (TPSA) is 55.8 Å². The number of amides is 1. The van der Waals surface area contributed by atoms with Crippen LogP contribution in [0.25, 0.3) is 6.08 Å². The third-order valence-electron chi connectivity index (χ3n) is 4.72. The molecule has 0 atom stereocenters. The van der Waals surface area contributed by atoms with E-state index in [0.29, 0.717) is 36.4 Å². The van der Waals surface area contributed by atoms with Crippen molar-refractivity contribution in [1.29, 1.82) is 0 Å². The molecule has 2 rings (SSSR count). The molecule has 1 aromatic rings. The van der Waals surface area contributed by atoms with E-state index in [1.807, 2.05) is 12.1 Å². The van der Waals surface area contributed by atoms with Gasteiger partial charge in [0, 0.05) is 26.0 Å². The summed E-state index contributed by atoms with van der Waals surface area (Å²) in [5.41, 5.74) is 3.48. The van der Waals surface area contributed by atoms with Crippen LogP contribution in [0.4, 0.5) is 0 Å². The Morgan fingerprint density at radius 1 is 1.15 bits per heavy atom. The van der Waals surface area contributed by atoms with E-state index >= 15 is 0 Å². The third kappa shape index (κ3) is 4.66. The monoisotopic (exact) mass is 371 g/mol. The van der Waals surface area contributed by atoms with Crippen LogP contribution in [-0.4, -0.2) is 44.1 Å². The van der Waals surface area contributed by atoms with Crippen molar-refractivity contribution < 1.29 is 19.1 Å². The molecule has 1 aliphatic rings. The number of benzene rings is 1. The highest BCUT2D eigenvalue weighted by Crippen LogP contribution is 2.32. The molecule has 0 N–H and O–H groups in total. The fourth-order valence-corrected chi connectivity index (χ4v) is 3.11. The van der Waals surface area contributed by atoms with Gasteiger partial charge in [0.2, 0.25) is 0 Å². The Morgan fingerprint density at radius 2 is 1.78 bits per heavy atom. The van der Waals surface area contributed by atoms with Crippen LogP contribution in [0.15, 0.2) is 41.1 Å². The maximum absolute atomic E-state index is 12.9. The number of rotatable bonds is 6. The van der Waals surface area contributed by atoms with Crippen molar-refractivity contribution in [3.63, 3.8) is 0 Å². The maximum atomic E-state index is 12.9. The summed E-state index contributed by atoms with van der Waals surface area (Å²) in [5.74, 6) is -0.670. The van der Waals surface area contributed by atoms with Gasteiger partial charge in [0.05, 0.1) is 18.3 Å². The summed E-state index contributed by atoms with van der Waals surface area (Å²) >= 11 is 0. The number of nitrogens with zero attached hydrogens (tertiary/aromatic N) is 1. The Labute approximate surface area is 161 Å². The first-order chi connectivity index (χ1) is 12.7. The highest BCUT2D eigenvalue weighted by Gasteiger charge is 2.36. The second kappa shape index (κ2) is 8.53. The highest BCUT2D eigenvalue weighted by atomic mass is 16.5. The number of hydrogen-bond acceptors (Lipinski definition) is 4. The molecule has 0 saturated carbocycles. The van der Waals surface area contributed by atoms with Gasteiger partial charge in [-0.2, -0.15) is 0 Å². The SMILES string of the molecule is COCCCN1C(=O)/C(=C\c2ccc(C(C)(C)C)cc2)C(C(=O)OC)=C1C. The minimum atomic E-state index is -0.493. The standard InChI is InChI=1S/C22H29NO4/c1-15-19(21(25)27-6)18(20(24)23(15)12-7-13-26-5)14-16-8-10-17(11-9-16)22(2,3)4/h8-11,14H,7,12-13H2,1-6H3/b18-14-. The van der Waals surface area contributed by atoms with Crippen molar-refractivity contribution in [3.8, 4) is 0 Å². The van der Waals surface area contributed by atoms with Crippen LogP contribution in [0.1, 0.15) is 45.2 Å². The van der Waals surface area contributed by atoms with Crippen LogP contribution in [0.5, 0.6) is 0 Å². The second-order valence-corrected chi connectivity index (χ2v) is 7.69. The summed E-state index contributed by atoms with van der Waals surface area (Å²) in [5, 5.41) is 0. The van der Waals surface area contributed by atoms with Gasteiger partial charge in [-0.25, -0.2) is 4.79 Å². The lowest BCUT2D eigenvalue weighted by Gasteiger charge is -2.19. The van der Waals surface area contributed by atoms with E-state index in [1.165, 1.54) is 12.7 Å². The molecule has 1 amide bonds. The Kier molecular flexibility index (Phi) is 6.60. The zero-order valence-electron chi connectivity index (χ0n) is 17.1. The summed E-state index contributed by atoms with van der Waals surface area (Å²) < 4.78 is 9.99. The smallest absolute Gasteiger partial charge is 0.340 e. The first-order valence-corrected chi connectivity index (χ1v) is 9.13. The molecule has 27 heavy (non-hydrogen) atoms. The average Bonchev–Trinajstić information content (AvgIpc) is 2.85. The zero-order valence-corrected chi connectivity index (χ0v) is 17.1. The van der Waals surface area contributed by atoms with Crippen molar-refractivity contribution in [3.05, 3.63) is 52.2 Å². The molecule has 0 radical (unpaired) electrons. The Balaban J connectivity index is 2.39. The summed E-state index contributed by atoms with van der Waals surface area (Å²) in [6.07, 6.45) is 2.46. The number of carbonyl (C=O) groups is 2. The predicted molar refractivity (Wildman–Crippen MR) is 106 cm³/mol. The fraction of sp³-hybridized carbons (Fsp3) is 0.455. The molecule has 0 saturated heterocycles. The number of esters is 1. The van der Waals surface area contributed by atoms with Crippen molar-refractivity contribution in [2.24, 2.45) is 0 Å². The number of carbonyl (C=O) groups excluding carboxylic acids is 2. The highest BCUT2D eigenvalue weighted by molar-refractivity contribution is 6.16. The molecule has 5 nitrogen and oxygen atoms in total. The van der Waals surface area contributed by atoms with Crippen LogP contribution in [-0.2, 0) is 24.5 Å². The van der Waals surface area contributed by atoms with Crippen LogP contribution in [0, 0.1) is 0 Å². The van der Waals surface area contributed by atoms with Crippen LogP contribution in [0.2, 0.25) is 0 Å². The Hall–Kier alpha value is -2.40. The van der Waals surface area contributed by atoms with Crippen molar-refractivity contribution in [2.45, 2.75) is 39.5 Å². The molecular weight excluding hydrogens is 342 g/mol. The third-order valence-corrected chi connectivity index (χ3v) is 4.72. The summed E-state index contributed by atoms with van der Waals surface area (Å²) in [6, 6.07) is 8.05. The largest absolute Gasteiger partial charge is 0.465 e. The number of methoxy groups -OCH3 is 2. The fourth-order valence-electron chi connectivity index (χ4n) is 3.11. The van der Waals surface area contributed by atoms with Gasteiger partial charge in [0.25, 0.3) is 5.91 Å². The first-order valence-electron chi connectivity index (χ1n) is 9.13. The van der Waals surface area contributed by atoms with Gasteiger partial charge in [-0.15, -0.1) is 0 Å². The Morgan fingerprint density at radius 3 is 2.30 bits per heavy atom. The van der Waals surface area contributed by atoms with E-state index in [1.54, 1.807) is 25.0 Å². The van der Waals surface area contributed by atoms with Gasteiger partial charge in [0.15, 0.2) is 0 Å². The number of ether oxygens (including phenoxy) is 2. The molecule has 0 aliphatic carbocycles. The summed E-state index contributed by atoms with van der Waals surface area (Å²) in [6.45, 7) is 9.29. The second-order valence-electron chi connectivity index (χ2n) is 7.69. The molecular formula is C22H29NO4. The molecule has 0 aromatic heterocycles. The first kappa shape index (κ1) is 20.9. The van der Waals surface area contributed by atoms with E-state index in [9.17, 15) is 9.59 Å². The lowest BCUT2D eigenvalue weighted by atomic mass is 9.86.